The summed E-state index contributed by atoms with van der Waals surface area (Å²) < 4.78 is 29.6. The van der Waals surface area contributed by atoms with Gasteiger partial charge in [0.05, 0.1) is 20.4 Å². The predicted octanol–water partition coefficient (Wildman–Crippen LogP) is 3.42. The van der Waals surface area contributed by atoms with Crippen LogP contribution in [-0.4, -0.2) is 53.3 Å². The van der Waals surface area contributed by atoms with Crippen LogP contribution in [0.2, 0.25) is 0 Å². The first-order valence-corrected chi connectivity index (χ1v) is 10.4. The van der Waals surface area contributed by atoms with Crippen molar-refractivity contribution >= 4 is 11.7 Å². The molecule has 33 heavy (non-hydrogen) atoms. The van der Waals surface area contributed by atoms with Crippen LogP contribution in [-0.2, 0) is 0 Å². The number of amides is 1. The second-order valence-electron chi connectivity index (χ2n) is 7.57. The first-order valence-electron chi connectivity index (χ1n) is 10.4. The lowest BCUT2D eigenvalue weighted by molar-refractivity contribution is 0.0705. The van der Waals surface area contributed by atoms with Crippen molar-refractivity contribution in [2.75, 3.05) is 33.0 Å². The van der Waals surface area contributed by atoms with Gasteiger partial charge in [0.1, 0.15) is 34.5 Å². The molecule has 0 bridgehead atoms. The molecule has 2 aromatic heterocycles. The fourth-order valence-corrected chi connectivity index (χ4v) is 3.77. The lowest BCUT2D eigenvalue weighted by atomic mass is 9.92. The predicted molar refractivity (Wildman–Crippen MR) is 118 cm³/mol. The Morgan fingerprint density at radius 2 is 1.73 bits per heavy atom. The van der Waals surface area contributed by atoms with Crippen molar-refractivity contribution in [1.82, 2.24) is 20.1 Å². The number of carbonyl (C=O) groups excluding carboxylic acids is 1. The summed E-state index contributed by atoms with van der Waals surface area (Å²) in [6.07, 6.45) is 2.85. The molecule has 2 N–H and O–H groups in total. The lowest BCUT2D eigenvalue weighted by Gasteiger charge is -2.31. The molecule has 172 valence electrons. The van der Waals surface area contributed by atoms with Crippen LogP contribution in [0.1, 0.15) is 34.9 Å². The number of likely N-dealkylation sites (tertiary alicyclic amines) is 1. The molecule has 1 fully saturated rings. The number of hydrogen-bond acceptors (Lipinski definition) is 8. The minimum atomic E-state index is -0.362. The molecule has 4 rings (SSSR count). The van der Waals surface area contributed by atoms with Gasteiger partial charge in [-0.3, -0.25) is 4.79 Å². The number of aromatic nitrogens is 3. The van der Waals surface area contributed by atoms with Crippen LogP contribution < -0.4 is 19.9 Å². The number of nitrogen functional groups attached to an aromatic ring is 1. The van der Waals surface area contributed by atoms with Crippen LogP contribution >= 0.6 is 0 Å². The van der Waals surface area contributed by atoms with Gasteiger partial charge >= 0.3 is 0 Å². The SMILES string of the molecule is COc1cc(C(=O)N2CCC(c3nnc(N)cc3OC)CC2)ncc1Oc1ccc(F)cc1. The summed E-state index contributed by atoms with van der Waals surface area (Å²) in [5.41, 5.74) is 6.70. The molecule has 0 atom stereocenters. The standard InChI is InChI=1S/C23H24FN5O4/c1-31-18-11-17(26-13-20(18)33-16-5-3-15(24)4-6-16)23(30)29-9-7-14(8-10-29)22-19(32-2)12-21(25)27-28-22/h3-6,11-14H,7-10H2,1-2H3,(H2,25,27). The van der Waals surface area contributed by atoms with E-state index in [0.717, 1.165) is 5.69 Å². The van der Waals surface area contributed by atoms with Crippen LogP contribution in [0.25, 0.3) is 0 Å². The topological polar surface area (TPSA) is 113 Å². The Morgan fingerprint density at radius 1 is 1.03 bits per heavy atom. The van der Waals surface area contributed by atoms with Gasteiger partial charge in [0.15, 0.2) is 11.5 Å². The molecule has 0 unspecified atom stereocenters. The van der Waals surface area contributed by atoms with E-state index in [9.17, 15) is 9.18 Å². The summed E-state index contributed by atoms with van der Waals surface area (Å²) in [5, 5.41) is 8.14. The molecule has 1 amide bonds. The van der Waals surface area contributed by atoms with Crippen molar-refractivity contribution < 1.29 is 23.4 Å². The monoisotopic (exact) mass is 453 g/mol. The van der Waals surface area contributed by atoms with Gasteiger partial charge in [-0.15, -0.1) is 10.2 Å². The molecule has 10 heteroatoms. The number of ether oxygens (including phenoxy) is 3. The van der Waals surface area contributed by atoms with Crippen molar-refractivity contribution in [2.24, 2.45) is 0 Å². The van der Waals surface area contributed by atoms with Gasteiger partial charge in [0.2, 0.25) is 0 Å². The minimum absolute atomic E-state index is 0.117. The van der Waals surface area contributed by atoms with Crippen molar-refractivity contribution in [3.8, 4) is 23.0 Å². The first-order chi connectivity index (χ1) is 16.0. The zero-order chi connectivity index (χ0) is 23.4. The van der Waals surface area contributed by atoms with Crippen molar-refractivity contribution in [1.29, 1.82) is 0 Å². The third kappa shape index (κ3) is 4.94. The molecule has 0 saturated carbocycles. The van der Waals surface area contributed by atoms with Gasteiger partial charge in [-0.2, -0.15) is 0 Å². The Morgan fingerprint density at radius 3 is 2.39 bits per heavy atom. The van der Waals surface area contributed by atoms with Crippen LogP contribution in [0.5, 0.6) is 23.0 Å². The smallest absolute Gasteiger partial charge is 0.272 e. The number of hydrogen-bond donors (Lipinski definition) is 1. The first kappa shape index (κ1) is 22.3. The van der Waals surface area contributed by atoms with E-state index in [4.69, 9.17) is 19.9 Å². The molecule has 1 saturated heterocycles. The van der Waals surface area contributed by atoms with Crippen LogP contribution in [0.3, 0.4) is 0 Å². The van der Waals surface area contributed by atoms with E-state index in [0.29, 0.717) is 54.7 Å². The molecule has 0 radical (unpaired) electrons. The van der Waals surface area contributed by atoms with E-state index in [1.807, 2.05) is 0 Å². The van der Waals surface area contributed by atoms with Crippen molar-refractivity contribution in [3.63, 3.8) is 0 Å². The second-order valence-corrected chi connectivity index (χ2v) is 7.57. The number of nitrogens with two attached hydrogens (primary N) is 1. The quantitative estimate of drug-likeness (QED) is 0.604. The molecule has 1 aliphatic rings. The minimum Gasteiger partial charge on any atom is -0.495 e. The van der Waals surface area contributed by atoms with E-state index in [-0.39, 0.29) is 23.3 Å². The van der Waals surface area contributed by atoms with E-state index in [1.165, 1.54) is 37.6 Å². The third-order valence-corrected chi connectivity index (χ3v) is 5.51. The number of piperidine rings is 1. The van der Waals surface area contributed by atoms with E-state index in [2.05, 4.69) is 15.2 Å². The fraction of sp³-hybridized carbons (Fsp3) is 0.304. The maximum atomic E-state index is 13.1. The Kier molecular flexibility index (Phi) is 6.53. The van der Waals surface area contributed by atoms with Crippen LogP contribution in [0, 0.1) is 5.82 Å². The van der Waals surface area contributed by atoms with Crippen LogP contribution in [0.15, 0.2) is 42.6 Å². The number of methoxy groups -OCH3 is 2. The lowest BCUT2D eigenvalue weighted by Crippen LogP contribution is -2.38. The Hall–Kier alpha value is -3.95. The molecular weight excluding hydrogens is 429 g/mol. The van der Waals surface area contributed by atoms with E-state index < -0.39 is 0 Å². The average Bonchev–Trinajstić information content (AvgIpc) is 2.85. The molecule has 1 aromatic carbocycles. The molecule has 3 heterocycles. The summed E-state index contributed by atoms with van der Waals surface area (Å²) in [5.74, 6) is 1.58. The highest BCUT2D eigenvalue weighted by Crippen LogP contribution is 2.34. The number of rotatable bonds is 6. The van der Waals surface area contributed by atoms with E-state index in [1.54, 1.807) is 24.1 Å². The van der Waals surface area contributed by atoms with Gasteiger partial charge in [0, 0.05) is 31.1 Å². The third-order valence-electron chi connectivity index (χ3n) is 5.51. The molecule has 9 nitrogen and oxygen atoms in total. The van der Waals surface area contributed by atoms with Gasteiger partial charge in [-0.1, -0.05) is 0 Å². The molecular formula is C23H24FN5O4. The maximum absolute atomic E-state index is 13.1. The summed E-state index contributed by atoms with van der Waals surface area (Å²) in [6, 6.07) is 8.79. The van der Waals surface area contributed by atoms with Gasteiger partial charge in [-0.25, -0.2) is 9.37 Å². The normalized spacial score (nSPS) is 14.1. The van der Waals surface area contributed by atoms with Crippen LogP contribution in [0.4, 0.5) is 10.2 Å². The molecule has 0 aliphatic carbocycles. The zero-order valence-electron chi connectivity index (χ0n) is 18.3. The van der Waals surface area contributed by atoms with Crippen molar-refractivity contribution in [2.45, 2.75) is 18.8 Å². The average molecular weight is 453 g/mol. The molecule has 0 spiro atoms. The number of benzene rings is 1. The van der Waals surface area contributed by atoms with E-state index >= 15 is 0 Å². The highest BCUT2D eigenvalue weighted by molar-refractivity contribution is 5.93. The zero-order valence-corrected chi connectivity index (χ0v) is 18.3. The summed E-state index contributed by atoms with van der Waals surface area (Å²) in [7, 11) is 3.05. The number of pyridine rings is 1. The highest BCUT2D eigenvalue weighted by atomic mass is 19.1. The largest absolute Gasteiger partial charge is 0.495 e. The summed E-state index contributed by atoms with van der Waals surface area (Å²) in [4.78, 5) is 19.1. The number of anilines is 1. The summed E-state index contributed by atoms with van der Waals surface area (Å²) >= 11 is 0. The van der Waals surface area contributed by atoms with Crippen molar-refractivity contribution in [3.05, 3.63) is 59.8 Å². The number of halogens is 1. The fourth-order valence-electron chi connectivity index (χ4n) is 3.77. The molecule has 1 aliphatic heterocycles. The van der Waals surface area contributed by atoms with Gasteiger partial charge < -0.3 is 24.8 Å². The molecule has 3 aromatic rings. The van der Waals surface area contributed by atoms with Gasteiger partial charge in [0.25, 0.3) is 5.91 Å². The Balaban J connectivity index is 1.44. The highest BCUT2D eigenvalue weighted by Gasteiger charge is 2.28. The Bertz CT molecular complexity index is 1130. The number of carbonyl (C=O) groups is 1. The maximum Gasteiger partial charge on any atom is 0.272 e. The number of nitrogens with zero attached hydrogens (tertiary/aromatic N) is 4. The second kappa shape index (κ2) is 9.68. The van der Waals surface area contributed by atoms with Gasteiger partial charge in [-0.05, 0) is 37.1 Å². The Labute approximate surface area is 190 Å². The summed E-state index contributed by atoms with van der Waals surface area (Å²) in [6.45, 7) is 1.08.